The third kappa shape index (κ3) is 2.83. The van der Waals surface area contributed by atoms with Crippen LogP contribution < -0.4 is 0 Å². The molecule has 0 spiro atoms. The third-order valence-corrected chi connectivity index (χ3v) is 7.46. The number of para-hydroxylation sites is 1. The minimum absolute atomic E-state index is 0.0430. The Hall–Kier alpha value is -2.29. The van der Waals surface area contributed by atoms with Gasteiger partial charge in [-0.3, -0.25) is 0 Å². The first-order chi connectivity index (χ1) is 13.6. The Bertz CT molecular complexity index is 1330. The van der Waals surface area contributed by atoms with Gasteiger partial charge < -0.3 is 0 Å². The maximum atomic E-state index is 13.4. The summed E-state index contributed by atoms with van der Waals surface area (Å²) in [6.07, 6.45) is 0. The first-order valence-corrected chi connectivity index (χ1v) is 11.3. The number of benzene rings is 3. The quantitative estimate of drug-likeness (QED) is 0.270. The molecule has 0 saturated carbocycles. The SMILES string of the molecule is O=C(c1ccc(Cl)cc1)n1c2ccccc2c2c(-c3ccc(Cl)cc3)[se]cc21. The van der Waals surface area contributed by atoms with Gasteiger partial charge in [-0.2, -0.15) is 0 Å². The van der Waals surface area contributed by atoms with E-state index in [0.29, 0.717) is 10.6 Å². The number of fused-ring (bicyclic) bond motifs is 3. The van der Waals surface area contributed by atoms with Gasteiger partial charge in [0, 0.05) is 0 Å². The number of hydrogen-bond donors (Lipinski definition) is 0. The zero-order chi connectivity index (χ0) is 19.3. The van der Waals surface area contributed by atoms with Gasteiger partial charge in [-0.1, -0.05) is 0 Å². The zero-order valence-electron chi connectivity index (χ0n) is 14.5. The van der Waals surface area contributed by atoms with Crippen LogP contribution in [0.25, 0.3) is 31.8 Å². The number of aromatic nitrogens is 1. The molecule has 0 unspecified atom stereocenters. The van der Waals surface area contributed by atoms with Gasteiger partial charge in [-0.25, -0.2) is 0 Å². The summed E-state index contributed by atoms with van der Waals surface area (Å²) >= 11 is 12.2. The Morgan fingerprint density at radius 3 is 2.14 bits per heavy atom. The van der Waals surface area contributed by atoms with E-state index in [-0.39, 0.29) is 20.4 Å². The fourth-order valence-electron chi connectivity index (χ4n) is 3.54. The summed E-state index contributed by atoms with van der Waals surface area (Å²) < 4.78 is 3.11. The topological polar surface area (TPSA) is 22.0 Å². The molecule has 28 heavy (non-hydrogen) atoms. The number of carbonyl (C=O) groups excluding carboxylic acids is 1. The first-order valence-electron chi connectivity index (χ1n) is 8.70. The van der Waals surface area contributed by atoms with E-state index in [1.807, 2.05) is 34.9 Å². The molecule has 0 aliphatic carbocycles. The van der Waals surface area contributed by atoms with Crippen LogP contribution in [0.4, 0.5) is 0 Å². The number of rotatable bonds is 2. The van der Waals surface area contributed by atoms with Crippen LogP contribution in [0.5, 0.6) is 0 Å². The van der Waals surface area contributed by atoms with Crippen LogP contribution in [0.15, 0.2) is 77.7 Å². The molecule has 2 heterocycles. The van der Waals surface area contributed by atoms with Crippen molar-refractivity contribution < 1.29 is 4.79 Å². The first kappa shape index (κ1) is 17.8. The van der Waals surface area contributed by atoms with E-state index in [0.717, 1.165) is 32.4 Å². The Morgan fingerprint density at radius 2 is 1.43 bits per heavy atom. The van der Waals surface area contributed by atoms with Crippen LogP contribution in [-0.2, 0) is 0 Å². The molecule has 0 radical (unpaired) electrons. The average Bonchev–Trinajstić information content (AvgIpc) is 3.27. The number of hydrogen-bond acceptors (Lipinski definition) is 1. The van der Waals surface area contributed by atoms with Gasteiger partial charge >= 0.3 is 178 Å². The number of carbonyl (C=O) groups is 1. The molecule has 0 aliphatic rings. The van der Waals surface area contributed by atoms with E-state index >= 15 is 0 Å². The standard InChI is InChI=1S/C23H13Cl2NOSe/c24-16-9-5-14(6-10-16)22-21-18-3-1-2-4-19(18)26(20(21)13-28-22)23(27)15-7-11-17(25)12-8-15/h1-13H. The van der Waals surface area contributed by atoms with E-state index < -0.39 is 0 Å². The molecule has 5 heteroatoms. The molecule has 5 aromatic rings. The third-order valence-electron chi connectivity index (χ3n) is 4.83. The van der Waals surface area contributed by atoms with Gasteiger partial charge in [0.1, 0.15) is 0 Å². The predicted molar refractivity (Wildman–Crippen MR) is 118 cm³/mol. The second kappa shape index (κ2) is 6.95. The second-order valence-corrected chi connectivity index (χ2v) is 9.22. The van der Waals surface area contributed by atoms with Crippen LogP contribution in [0.3, 0.4) is 0 Å². The van der Waals surface area contributed by atoms with Crippen molar-refractivity contribution in [2.45, 2.75) is 0 Å². The molecule has 0 fully saturated rings. The molecule has 0 amide bonds. The summed E-state index contributed by atoms with van der Waals surface area (Å²) in [7, 11) is 0. The van der Waals surface area contributed by atoms with Crippen molar-refractivity contribution in [3.63, 3.8) is 0 Å². The molecular weight excluding hydrogens is 456 g/mol. The molecule has 2 nitrogen and oxygen atoms in total. The van der Waals surface area contributed by atoms with Crippen molar-refractivity contribution in [1.29, 1.82) is 0 Å². The molecule has 5 rings (SSSR count). The molecule has 3 aromatic carbocycles. The summed E-state index contributed by atoms with van der Waals surface area (Å²) in [5, 5.41) is 3.59. The van der Waals surface area contributed by atoms with Crippen molar-refractivity contribution in [2.24, 2.45) is 0 Å². The average molecular weight is 469 g/mol. The predicted octanol–water partition coefficient (Wildman–Crippen LogP) is 6.51. The molecule has 0 atom stereocenters. The van der Waals surface area contributed by atoms with Crippen LogP contribution >= 0.6 is 23.2 Å². The molecule has 0 bridgehead atoms. The Kier molecular flexibility index (Phi) is 4.41. The van der Waals surface area contributed by atoms with Crippen LogP contribution in [0.2, 0.25) is 10.0 Å². The number of halogens is 2. The molecular formula is C23H13Cl2NOSe. The van der Waals surface area contributed by atoms with Gasteiger partial charge in [-0.05, 0) is 0 Å². The molecule has 136 valence electrons. The molecule has 0 aliphatic heterocycles. The minimum atomic E-state index is -0.0430. The van der Waals surface area contributed by atoms with Crippen LogP contribution in [0.1, 0.15) is 10.4 Å². The number of nitrogens with zero attached hydrogens (tertiary/aromatic N) is 1. The van der Waals surface area contributed by atoms with Gasteiger partial charge in [-0.15, -0.1) is 0 Å². The van der Waals surface area contributed by atoms with Gasteiger partial charge in [0.2, 0.25) is 0 Å². The monoisotopic (exact) mass is 469 g/mol. The summed E-state index contributed by atoms with van der Waals surface area (Å²) in [4.78, 5) is 15.6. The molecule has 2 aromatic heterocycles. The zero-order valence-corrected chi connectivity index (χ0v) is 17.8. The van der Waals surface area contributed by atoms with Crippen molar-refractivity contribution >= 4 is 65.4 Å². The van der Waals surface area contributed by atoms with Gasteiger partial charge in [0.05, 0.1) is 0 Å². The van der Waals surface area contributed by atoms with Gasteiger partial charge in [0.25, 0.3) is 0 Å². The summed E-state index contributed by atoms with van der Waals surface area (Å²) in [5.74, 6) is -0.0430. The Morgan fingerprint density at radius 1 is 0.786 bits per heavy atom. The Balaban J connectivity index is 1.79. The molecule has 0 N–H and O–H groups in total. The van der Waals surface area contributed by atoms with Crippen LogP contribution in [0, 0.1) is 0 Å². The van der Waals surface area contributed by atoms with Crippen LogP contribution in [-0.4, -0.2) is 25.0 Å². The molecule has 0 saturated heterocycles. The van der Waals surface area contributed by atoms with Crippen molar-refractivity contribution in [2.75, 3.05) is 0 Å². The van der Waals surface area contributed by atoms with E-state index in [1.54, 1.807) is 24.3 Å². The fraction of sp³-hybridized carbons (Fsp3) is 0. The summed E-state index contributed by atoms with van der Waals surface area (Å²) in [6, 6.07) is 23.1. The van der Waals surface area contributed by atoms with E-state index in [1.165, 1.54) is 4.44 Å². The van der Waals surface area contributed by atoms with Crippen molar-refractivity contribution in [3.05, 3.63) is 93.3 Å². The Labute approximate surface area is 177 Å². The maximum absolute atomic E-state index is 13.4. The van der Waals surface area contributed by atoms with Gasteiger partial charge in [0.15, 0.2) is 0 Å². The van der Waals surface area contributed by atoms with E-state index in [9.17, 15) is 4.79 Å². The normalized spacial score (nSPS) is 11.4. The fourth-order valence-corrected chi connectivity index (χ4v) is 6.01. The second-order valence-electron chi connectivity index (χ2n) is 6.50. The van der Waals surface area contributed by atoms with Crippen molar-refractivity contribution in [3.8, 4) is 10.0 Å². The van der Waals surface area contributed by atoms with Crippen molar-refractivity contribution in [1.82, 2.24) is 4.57 Å². The van der Waals surface area contributed by atoms with E-state index in [4.69, 9.17) is 23.2 Å². The summed E-state index contributed by atoms with van der Waals surface area (Å²) in [6.45, 7) is 0. The summed E-state index contributed by atoms with van der Waals surface area (Å²) in [5.41, 5.74) is 3.67. The van der Waals surface area contributed by atoms with E-state index in [2.05, 4.69) is 23.1 Å².